The van der Waals surface area contributed by atoms with Crippen LogP contribution in [-0.4, -0.2) is 23.3 Å². The van der Waals surface area contributed by atoms with Gasteiger partial charge in [-0.2, -0.15) is 5.10 Å². The van der Waals surface area contributed by atoms with Gasteiger partial charge in [0.05, 0.1) is 6.20 Å². The van der Waals surface area contributed by atoms with E-state index in [4.69, 9.17) is 0 Å². The van der Waals surface area contributed by atoms with Crippen LogP contribution < -0.4 is 5.32 Å². The Bertz CT molecular complexity index is 316. The Labute approximate surface area is 91.7 Å². The smallest absolute Gasteiger partial charge is 0.0527 e. The van der Waals surface area contributed by atoms with Crippen molar-refractivity contribution in [3.05, 3.63) is 17.5 Å². The molecule has 84 valence electrons. The molecule has 1 unspecified atom stereocenters. The summed E-state index contributed by atoms with van der Waals surface area (Å²) < 4.78 is 0. The zero-order valence-electron chi connectivity index (χ0n) is 9.93. The minimum Gasteiger partial charge on any atom is -0.316 e. The third kappa shape index (κ3) is 2.40. The number of nitrogens with zero attached hydrogens (tertiary/aromatic N) is 1. The highest BCUT2D eigenvalue weighted by atomic mass is 15.1. The van der Waals surface area contributed by atoms with E-state index in [9.17, 15) is 0 Å². The van der Waals surface area contributed by atoms with Gasteiger partial charge in [-0.1, -0.05) is 20.8 Å². The third-order valence-corrected chi connectivity index (χ3v) is 3.18. The van der Waals surface area contributed by atoms with Gasteiger partial charge in [-0.25, -0.2) is 0 Å². The molecule has 3 heteroatoms. The molecule has 1 atom stereocenters. The maximum Gasteiger partial charge on any atom is 0.0527 e. The van der Waals surface area contributed by atoms with Crippen LogP contribution in [-0.2, 0) is 11.8 Å². The van der Waals surface area contributed by atoms with Gasteiger partial charge in [0.1, 0.15) is 0 Å². The molecule has 1 fully saturated rings. The Kier molecular flexibility index (Phi) is 2.83. The van der Waals surface area contributed by atoms with Gasteiger partial charge < -0.3 is 5.32 Å². The standard InChI is InChI=1S/C12H21N3/c1-12(2,3)10-8-14-15-11(10)6-9-4-5-13-7-9/h8-9,13H,4-7H2,1-3H3,(H,14,15). The van der Waals surface area contributed by atoms with E-state index in [2.05, 4.69) is 36.3 Å². The van der Waals surface area contributed by atoms with Crippen molar-refractivity contribution in [2.45, 2.75) is 39.0 Å². The fourth-order valence-corrected chi connectivity index (χ4v) is 2.29. The van der Waals surface area contributed by atoms with Gasteiger partial charge in [-0.3, -0.25) is 5.10 Å². The van der Waals surface area contributed by atoms with E-state index in [1.165, 1.54) is 24.2 Å². The first kappa shape index (κ1) is 10.7. The van der Waals surface area contributed by atoms with E-state index >= 15 is 0 Å². The summed E-state index contributed by atoms with van der Waals surface area (Å²) in [6.45, 7) is 9.06. The Balaban J connectivity index is 2.11. The number of hydrogen-bond donors (Lipinski definition) is 2. The van der Waals surface area contributed by atoms with Gasteiger partial charge in [-0.15, -0.1) is 0 Å². The van der Waals surface area contributed by atoms with Crippen molar-refractivity contribution in [1.82, 2.24) is 15.5 Å². The number of aromatic nitrogens is 2. The number of hydrogen-bond acceptors (Lipinski definition) is 2. The molecular weight excluding hydrogens is 186 g/mol. The van der Waals surface area contributed by atoms with E-state index < -0.39 is 0 Å². The maximum absolute atomic E-state index is 4.19. The SMILES string of the molecule is CC(C)(C)c1cn[nH]c1CC1CCNC1. The van der Waals surface area contributed by atoms with Gasteiger partial charge >= 0.3 is 0 Å². The molecule has 0 radical (unpaired) electrons. The van der Waals surface area contributed by atoms with E-state index in [0.717, 1.165) is 18.9 Å². The van der Waals surface area contributed by atoms with E-state index in [1.54, 1.807) is 0 Å². The number of rotatable bonds is 2. The molecule has 3 nitrogen and oxygen atoms in total. The molecule has 15 heavy (non-hydrogen) atoms. The van der Waals surface area contributed by atoms with E-state index in [0.29, 0.717) is 0 Å². The lowest BCUT2D eigenvalue weighted by Crippen LogP contribution is -2.16. The second kappa shape index (κ2) is 3.97. The molecule has 2 heterocycles. The Hall–Kier alpha value is -0.830. The monoisotopic (exact) mass is 207 g/mol. The summed E-state index contributed by atoms with van der Waals surface area (Å²) in [5.74, 6) is 0.784. The first-order chi connectivity index (χ1) is 7.07. The summed E-state index contributed by atoms with van der Waals surface area (Å²) in [5.41, 5.74) is 2.90. The van der Waals surface area contributed by atoms with Crippen LogP contribution >= 0.6 is 0 Å². The Morgan fingerprint density at radius 2 is 2.27 bits per heavy atom. The molecule has 0 spiro atoms. The molecule has 1 aromatic heterocycles. The van der Waals surface area contributed by atoms with Gasteiger partial charge in [0.15, 0.2) is 0 Å². The molecule has 0 saturated carbocycles. The van der Waals surface area contributed by atoms with E-state index in [-0.39, 0.29) is 5.41 Å². The van der Waals surface area contributed by atoms with Gasteiger partial charge in [0, 0.05) is 5.69 Å². The number of H-pyrrole nitrogens is 1. The Morgan fingerprint density at radius 3 is 2.87 bits per heavy atom. The third-order valence-electron chi connectivity index (χ3n) is 3.18. The molecule has 0 amide bonds. The fourth-order valence-electron chi connectivity index (χ4n) is 2.29. The zero-order chi connectivity index (χ0) is 10.9. The first-order valence-corrected chi connectivity index (χ1v) is 5.81. The van der Waals surface area contributed by atoms with Crippen molar-refractivity contribution >= 4 is 0 Å². The molecule has 1 saturated heterocycles. The Morgan fingerprint density at radius 1 is 1.47 bits per heavy atom. The summed E-state index contributed by atoms with van der Waals surface area (Å²) in [6.07, 6.45) is 4.42. The second-order valence-corrected chi connectivity index (χ2v) is 5.58. The predicted molar refractivity (Wildman–Crippen MR) is 62.0 cm³/mol. The molecule has 1 aliphatic rings. The van der Waals surface area contributed by atoms with Crippen LogP contribution in [0.3, 0.4) is 0 Å². The van der Waals surface area contributed by atoms with Crippen molar-refractivity contribution in [2.75, 3.05) is 13.1 Å². The predicted octanol–water partition coefficient (Wildman–Crippen LogP) is 1.86. The largest absolute Gasteiger partial charge is 0.316 e. The number of aromatic amines is 1. The summed E-state index contributed by atoms with van der Waals surface area (Å²) >= 11 is 0. The summed E-state index contributed by atoms with van der Waals surface area (Å²) in [6, 6.07) is 0. The maximum atomic E-state index is 4.19. The van der Waals surface area contributed by atoms with Gasteiger partial charge in [-0.05, 0) is 42.8 Å². The molecule has 1 aliphatic heterocycles. The second-order valence-electron chi connectivity index (χ2n) is 5.58. The minimum absolute atomic E-state index is 0.203. The quantitative estimate of drug-likeness (QED) is 0.777. The lowest BCUT2D eigenvalue weighted by Gasteiger charge is -2.19. The average Bonchev–Trinajstić information content (AvgIpc) is 2.73. The topological polar surface area (TPSA) is 40.7 Å². The molecule has 1 aromatic rings. The molecule has 2 N–H and O–H groups in total. The van der Waals surface area contributed by atoms with Crippen LogP contribution in [0.4, 0.5) is 0 Å². The normalized spacial score (nSPS) is 22.2. The number of nitrogens with one attached hydrogen (secondary N) is 2. The molecule has 0 aliphatic carbocycles. The van der Waals surface area contributed by atoms with Gasteiger partial charge in [0.25, 0.3) is 0 Å². The van der Waals surface area contributed by atoms with Gasteiger partial charge in [0.2, 0.25) is 0 Å². The average molecular weight is 207 g/mol. The highest BCUT2D eigenvalue weighted by molar-refractivity contribution is 5.25. The highest BCUT2D eigenvalue weighted by Crippen LogP contribution is 2.26. The van der Waals surface area contributed by atoms with Crippen LogP contribution in [0.5, 0.6) is 0 Å². The summed E-state index contributed by atoms with van der Waals surface area (Å²) in [4.78, 5) is 0. The van der Waals surface area contributed by atoms with Crippen molar-refractivity contribution in [1.29, 1.82) is 0 Å². The van der Waals surface area contributed by atoms with Crippen molar-refractivity contribution in [3.8, 4) is 0 Å². The molecule has 0 aromatic carbocycles. The summed E-state index contributed by atoms with van der Waals surface area (Å²) in [7, 11) is 0. The lowest BCUT2D eigenvalue weighted by atomic mass is 9.85. The van der Waals surface area contributed by atoms with Crippen LogP contribution in [0, 0.1) is 5.92 Å². The zero-order valence-corrected chi connectivity index (χ0v) is 9.93. The first-order valence-electron chi connectivity index (χ1n) is 5.81. The molecular formula is C12H21N3. The van der Waals surface area contributed by atoms with Crippen molar-refractivity contribution in [3.63, 3.8) is 0 Å². The minimum atomic E-state index is 0.203. The lowest BCUT2D eigenvalue weighted by molar-refractivity contribution is 0.541. The fraction of sp³-hybridized carbons (Fsp3) is 0.750. The molecule has 0 bridgehead atoms. The van der Waals surface area contributed by atoms with Crippen LogP contribution in [0.25, 0.3) is 0 Å². The highest BCUT2D eigenvalue weighted by Gasteiger charge is 2.23. The van der Waals surface area contributed by atoms with Crippen molar-refractivity contribution < 1.29 is 0 Å². The molecule has 2 rings (SSSR count). The van der Waals surface area contributed by atoms with Crippen LogP contribution in [0.15, 0.2) is 6.20 Å². The van der Waals surface area contributed by atoms with Crippen molar-refractivity contribution in [2.24, 2.45) is 5.92 Å². The van der Waals surface area contributed by atoms with Crippen LogP contribution in [0.1, 0.15) is 38.4 Å². The van der Waals surface area contributed by atoms with Crippen LogP contribution in [0.2, 0.25) is 0 Å². The van der Waals surface area contributed by atoms with E-state index in [1.807, 2.05) is 6.20 Å². The summed E-state index contributed by atoms with van der Waals surface area (Å²) in [5, 5.41) is 10.8.